The molecule has 2 unspecified atom stereocenters. The molecule has 1 fully saturated rings. The molecule has 0 amide bonds. The number of hydrogen-bond donors (Lipinski definition) is 1. The van der Waals surface area contributed by atoms with E-state index in [9.17, 15) is 0 Å². The second kappa shape index (κ2) is 6.58. The topological polar surface area (TPSA) is 21.3 Å². The van der Waals surface area contributed by atoms with Crippen LogP contribution in [0.3, 0.4) is 0 Å². The summed E-state index contributed by atoms with van der Waals surface area (Å²) in [5.41, 5.74) is 1.25. The Morgan fingerprint density at radius 1 is 1.41 bits per heavy atom. The minimum atomic E-state index is 0.403. The van der Waals surface area contributed by atoms with Crippen LogP contribution >= 0.6 is 0 Å². The number of benzene rings is 1. The first-order valence-corrected chi connectivity index (χ1v) is 6.43. The van der Waals surface area contributed by atoms with Gasteiger partial charge < -0.3 is 10.1 Å². The van der Waals surface area contributed by atoms with E-state index < -0.39 is 0 Å². The Labute approximate surface area is 104 Å². The van der Waals surface area contributed by atoms with Gasteiger partial charge >= 0.3 is 0 Å². The van der Waals surface area contributed by atoms with Gasteiger partial charge in [0, 0.05) is 19.2 Å². The SMILES string of the molecule is CC(NCC=Cc1ccccc1)C1CCCO1. The first kappa shape index (κ1) is 12.3. The molecule has 1 aliphatic heterocycles. The summed E-state index contributed by atoms with van der Waals surface area (Å²) in [6.45, 7) is 4.03. The van der Waals surface area contributed by atoms with Crippen molar-refractivity contribution in [2.45, 2.75) is 31.9 Å². The summed E-state index contributed by atoms with van der Waals surface area (Å²) in [5.74, 6) is 0. The maximum Gasteiger partial charge on any atom is 0.0726 e. The third kappa shape index (κ3) is 3.99. The number of rotatable bonds is 5. The fourth-order valence-corrected chi connectivity index (χ4v) is 2.14. The van der Waals surface area contributed by atoms with Crippen LogP contribution in [0.15, 0.2) is 36.4 Å². The van der Waals surface area contributed by atoms with Crippen molar-refractivity contribution in [2.75, 3.05) is 13.2 Å². The van der Waals surface area contributed by atoms with E-state index >= 15 is 0 Å². The largest absolute Gasteiger partial charge is 0.377 e. The van der Waals surface area contributed by atoms with E-state index in [2.05, 4.69) is 48.7 Å². The highest BCUT2D eigenvalue weighted by molar-refractivity contribution is 5.48. The molecular formula is C15H21NO. The van der Waals surface area contributed by atoms with Gasteiger partial charge in [0.15, 0.2) is 0 Å². The highest BCUT2D eigenvalue weighted by Gasteiger charge is 2.21. The standard InChI is InChI=1S/C15H21NO/c1-13(15-10-6-12-17-15)16-11-5-9-14-7-3-2-4-8-14/h2-5,7-9,13,15-16H,6,10-12H2,1H3. The summed E-state index contributed by atoms with van der Waals surface area (Å²) in [4.78, 5) is 0. The summed E-state index contributed by atoms with van der Waals surface area (Å²) >= 11 is 0. The van der Waals surface area contributed by atoms with E-state index in [-0.39, 0.29) is 0 Å². The normalized spacial score (nSPS) is 22.1. The van der Waals surface area contributed by atoms with E-state index in [0.29, 0.717) is 12.1 Å². The Balaban J connectivity index is 1.70. The predicted octanol–water partition coefficient (Wildman–Crippen LogP) is 2.86. The molecule has 2 rings (SSSR count). The van der Waals surface area contributed by atoms with Crippen LogP contribution in [0.2, 0.25) is 0 Å². The van der Waals surface area contributed by atoms with E-state index in [1.54, 1.807) is 0 Å². The van der Waals surface area contributed by atoms with Gasteiger partial charge in [-0.3, -0.25) is 0 Å². The highest BCUT2D eigenvalue weighted by atomic mass is 16.5. The number of ether oxygens (including phenoxy) is 1. The molecule has 17 heavy (non-hydrogen) atoms. The summed E-state index contributed by atoms with van der Waals surface area (Å²) in [7, 11) is 0. The van der Waals surface area contributed by atoms with Gasteiger partial charge in [0.1, 0.15) is 0 Å². The third-order valence-electron chi connectivity index (χ3n) is 3.19. The zero-order chi connectivity index (χ0) is 11.9. The second-order valence-electron chi connectivity index (χ2n) is 4.56. The lowest BCUT2D eigenvalue weighted by Crippen LogP contribution is -2.36. The predicted molar refractivity (Wildman–Crippen MR) is 71.9 cm³/mol. The van der Waals surface area contributed by atoms with Gasteiger partial charge in [0.25, 0.3) is 0 Å². The van der Waals surface area contributed by atoms with E-state index in [1.807, 2.05) is 6.07 Å². The van der Waals surface area contributed by atoms with E-state index in [1.165, 1.54) is 18.4 Å². The van der Waals surface area contributed by atoms with Crippen LogP contribution in [0, 0.1) is 0 Å². The minimum Gasteiger partial charge on any atom is -0.377 e. The Morgan fingerprint density at radius 2 is 2.24 bits per heavy atom. The first-order valence-electron chi connectivity index (χ1n) is 6.43. The second-order valence-corrected chi connectivity index (χ2v) is 4.56. The van der Waals surface area contributed by atoms with Gasteiger partial charge in [-0.25, -0.2) is 0 Å². The summed E-state index contributed by atoms with van der Waals surface area (Å²) in [6, 6.07) is 10.8. The fourth-order valence-electron chi connectivity index (χ4n) is 2.14. The molecule has 0 radical (unpaired) electrons. The van der Waals surface area contributed by atoms with Crippen LogP contribution in [0.5, 0.6) is 0 Å². The molecule has 1 aromatic carbocycles. The minimum absolute atomic E-state index is 0.403. The molecule has 2 heteroatoms. The van der Waals surface area contributed by atoms with E-state index in [4.69, 9.17) is 4.74 Å². The van der Waals surface area contributed by atoms with Gasteiger partial charge in [-0.2, -0.15) is 0 Å². The average molecular weight is 231 g/mol. The molecule has 0 spiro atoms. The monoisotopic (exact) mass is 231 g/mol. The van der Waals surface area contributed by atoms with Crippen LogP contribution < -0.4 is 5.32 Å². The summed E-state index contributed by atoms with van der Waals surface area (Å²) in [5, 5.41) is 3.48. The number of hydrogen-bond acceptors (Lipinski definition) is 2. The van der Waals surface area contributed by atoms with Gasteiger partial charge in [0.2, 0.25) is 0 Å². The maximum absolute atomic E-state index is 5.64. The van der Waals surface area contributed by atoms with Crippen molar-refractivity contribution < 1.29 is 4.74 Å². The van der Waals surface area contributed by atoms with Crippen molar-refractivity contribution >= 4 is 6.08 Å². The molecule has 0 bridgehead atoms. The van der Waals surface area contributed by atoms with Crippen molar-refractivity contribution in [2.24, 2.45) is 0 Å². The highest BCUT2D eigenvalue weighted by Crippen LogP contribution is 2.15. The molecule has 0 aromatic heterocycles. The van der Waals surface area contributed by atoms with Crippen LogP contribution in [-0.2, 0) is 4.74 Å². The molecule has 2 atom stereocenters. The Hall–Kier alpha value is -1.12. The fraction of sp³-hybridized carbons (Fsp3) is 0.467. The lowest BCUT2D eigenvalue weighted by atomic mass is 10.1. The van der Waals surface area contributed by atoms with Crippen LogP contribution in [0.4, 0.5) is 0 Å². The molecule has 1 heterocycles. The van der Waals surface area contributed by atoms with Crippen LogP contribution in [-0.4, -0.2) is 25.3 Å². The van der Waals surface area contributed by atoms with Crippen LogP contribution in [0.25, 0.3) is 6.08 Å². The summed E-state index contributed by atoms with van der Waals surface area (Å²) in [6.07, 6.45) is 7.11. The van der Waals surface area contributed by atoms with Gasteiger partial charge in [0.05, 0.1) is 6.10 Å². The molecule has 0 aliphatic carbocycles. The van der Waals surface area contributed by atoms with E-state index in [0.717, 1.165) is 13.2 Å². The maximum atomic E-state index is 5.64. The molecular weight excluding hydrogens is 210 g/mol. The molecule has 2 nitrogen and oxygen atoms in total. The molecule has 0 saturated carbocycles. The molecule has 1 saturated heterocycles. The molecule has 1 aromatic rings. The van der Waals surface area contributed by atoms with Crippen molar-refractivity contribution in [3.63, 3.8) is 0 Å². The van der Waals surface area contributed by atoms with Crippen LogP contribution in [0.1, 0.15) is 25.3 Å². The molecule has 1 aliphatic rings. The van der Waals surface area contributed by atoms with Crippen molar-refractivity contribution in [3.8, 4) is 0 Å². The number of nitrogens with one attached hydrogen (secondary N) is 1. The molecule has 1 N–H and O–H groups in total. The first-order chi connectivity index (χ1) is 8.36. The van der Waals surface area contributed by atoms with Crippen molar-refractivity contribution in [1.82, 2.24) is 5.32 Å². The Morgan fingerprint density at radius 3 is 2.94 bits per heavy atom. The smallest absolute Gasteiger partial charge is 0.0726 e. The summed E-state index contributed by atoms with van der Waals surface area (Å²) < 4.78 is 5.64. The lowest BCUT2D eigenvalue weighted by Gasteiger charge is -2.18. The average Bonchev–Trinajstić information content (AvgIpc) is 2.89. The van der Waals surface area contributed by atoms with Crippen molar-refractivity contribution in [3.05, 3.63) is 42.0 Å². The quantitative estimate of drug-likeness (QED) is 0.841. The lowest BCUT2D eigenvalue weighted by molar-refractivity contribution is 0.0849. The van der Waals surface area contributed by atoms with Gasteiger partial charge in [-0.15, -0.1) is 0 Å². The Bertz CT molecular complexity index is 341. The third-order valence-corrected chi connectivity index (χ3v) is 3.19. The Kier molecular flexibility index (Phi) is 4.77. The van der Waals surface area contributed by atoms with Crippen molar-refractivity contribution in [1.29, 1.82) is 0 Å². The van der Waals surface area contributed by atoms with Gasteiger partial charge in [-0.05, 0) is 25.3 Å². The zero-order valence-corrected chi connectivity index (χ0v) is 10.4. The zero-order valence-electron chi connectivity index (χ0n) is 10.4. The molecule has 92 valence electrons. The van der Waals surface area contributed by atoms with Gasteiger partial charge in [-0.1, -0.05) is 42.5 Å².